The van der Waals surface area contributed by atoms with Gasteiger partial charge in [0.1, 0.15) is 22.8 Å². The van der Waals surface area contributed by atoms with Gasteiger partial charge in [-0.15, -0.1) is 0 Å². The van der Waals surface area contributed by atoms with Gasteiger partial charge in [0.15, 0.2) is 11.4 Å². The number of nitrogens with zero attached hydrogens (tertiary/aromatic N) is 2. The van der Waals surface area contributed by atoms with E-state index in [1.807, 2.05) is 4.90 Å². The number of ketones is 2. The summed E-state index contributed by atoms with van der Waals surface area (Å²) < 4.78 is 44.3. The molecule has 0 spiro atoms. The van der Waals surface area contributed by atoms with E-state index in [0.29, 0.717) is 24.9 Å². The normalized spacial score (nSPS) is 32.7. The largest absolute Gasteiger partial charge is 0.508 e. The molecule has 1 amide bonds. The number of Topliss-reactive ketones (excluding diaryl/α,β-unsaturated/α-hetero) is 2. The Morgan fingerprint density at radius 3 is 2.33 bits per heavy atom. The van der Waals surface area contributed by atoms with Crippen molar-refractivity contribution in [2.75, 3.05) is 27.2 Å². The molecule has 43 heavy (non-hydrogen) atoms. The van der Waals surface area contributed by atoms with Gasteiger partial charge in [0.05, 0.1) is 17.2 Å². The summed E-state index contributed by atoms with van der Waals surface area (Å²) in [7, 11) is 2.90. The predicted molar refractivity (Wildman–Crippen MR) is 145 cm³/mol. The molecule has 5 aliphatic rings. The molecule has 0 radical (unpaired) electrons. The first kappa shape index (κ1) is 29.6. The van der Waals surface area contributed by atoms with Crippen LogP contribution < -0.4 is 5.73 Å². The van der Waals surface area contributed by atoms with Crippen molar-refractivity contribution in [2.45, 2.75) is 56.5 Å². The molecule has 6 rings (SSSR count). The summed E-state index contributed by atoms with van der Waals surface area (Å²) >= 11 is 0. The highest BCUT2D eigenvalue weighted by atomic mass is 19.4. The van der Waals surface area contributed by atoms with Gasteiger partial charge in [-0.1, -0.05) is 6.42 Å². The highest BCUT2D eigenvalue weighted by molar-refractivity contribution is 6.24. The maximum atomic E-state index is 14.8. The SMILES string of the molecule is CN(C)[C@@H]1C(=O)C(C(N)=O)=C(O)[C@@]2(O)C(=O)C3=C(O)c4c(O)cc(CN5CC6CCCC6C5)c(C(F)(F)F)c4C[C@H]3C[C@@H]12. The number of fused-ring (bicyclic) bond motifs is 4. The second-order valence-electron chi connectivity index (χ2n) is 12.9. The average molecular weight is 606 g/mol. The van der Waals surface area contributed by atoms with Crippen molar-refractivity contribution < 1.29 is 48.0 Å². The zero-order valence-electron chi connectivity index (χ0n) is 23.7. The molecule has 1 aromatic carbocycles. The van der Waals surface area contributed by atoms with E-state index in [1.54, 1.807) is 0 Å². The van der Waals surface area contributed by atoms with Crippen molar-refractivity contribution in [2.24, 2.45) is 29.4 Å². The molecule has 4 aliphatic carbocycles. The van der Waals surface area contributed by atoms with E-state index in [0.717, 1.165) is 25.3 Å². The van der Waals surface area contributed by atoms with Gasteiger partial charge in [-0.05, 0) is 74.7 Å². The molecule has 1 aliphatic heterocycles. The summed E-state index contributed by atoms with van der Waals surface area (Å²) in [6, 6.07) is -0.351. The lowest BCUT2D eigenvalue weighted by Crippen LogP contribution is -2.65. The van der Waals surface area contributed by atoms with Crippen LogP contribution in [-0.4, -0.2) is 86.5 Å². The van der Waals surface area contributed by atoms with Crippen molar-refractivity contribution in [1.82, 2.24) is 9.80 Å². The van der Waals surface area contributed by atoms with Crippen molar-refractivity contribution in [3.63, 3.8) is 0 Å². The van der Waals surface area contributed by atoms with Crippen molar-refractivity contribution in [3.8, 4) is 5.75 Å². The molecule has 1 heterocycles. The number of carbonyl (C=O) groups excluding carboxylic acids is 3. The lowest BCUT2D eigenvalue weighted by atomic mass is 9.57. The third kappa shape index (κ3) is 4.22. The van der Waals surface area contributed by atoms with E-state index >= 15 is 0 Å². The van der Waals surface area contributed by atoms with Gasteiger partial charge in [0.2, 0.25) is 5.78 Å². The van der Waals surface area contributed by atoms with Crippen molar-refractivity contribution in [1.29, 1.82) is 0 Å². The molecule has 6 N–H and O–H groups in total. The number of amides is 1. The van der Waals surface area contributed by atoms with Crippen LogP contribution in [0, 0.1) is 23.7 Å². The van der Waals surface area contributed by atoms with E-state index in [1.165, 1.54) is 19.0 Å². The molecule has 13 heteroatoms. The number of aromatic hydroxyl groups is 1. The minimum absolute atomic E-state index is 0.0439. The third-order valence-corrected chi connectivity index (χ3v) is 10.3. The smallest absolute Gasteiger partial charge is 0.417 e. The Morgan fingerprint density at radius 1 is 1.14 bits per heavy atom. The van der Waals surface area contributed by atoms with Crippen LogP contribution in [-0.2, 0) is 33.5 Å². The standard InChI is InChI=1S/C30H34F3N3O7/c1-35(2)23-17-7-14-6-16-20(24(38)19(14)26(40)29(17,43)27(41)21(25(23)39)28(34)42)18(37)8-15(22(16)30(31,32)33)11-36-9-12-4-3-5-13(12)10-36/h8,12-14,17,23,37-38,41,43H,3-7,9-11H2,1-2H3,(H2,34,42)/t12?,13?,14-,17-,23-,29-/m0/s1. The second kappa shape index (κ2) is 9.80. The molecule has 10 nitrogen and oxygen atoms in total. The van der Waals surface area contributed by atoms with Crippen LogP contribution in [0.5, 0.6) is 5.75 Å². The Bertz CT molecular complexity index is 1500. The van der Waals surface area contributed by atoms with Crippen molar-refractivity contribution in [3.05, 3.63) is 45.2 Å². The summed E-state index contributed by atoms with van der Waals surface area (Å²) in [6.07, 6.45) is -2.38. The van der Waals surface area contributed by atoms with E-state index < -0.39 is 93.1 Å². The number of primary amides is 1. The number of likely N-dealkylation sites (N-methyl/N-ethyl adjacent to an activating group) is 1. The molecular weight excluding hydrogens is 571 g/mol. The number of nitrogens with two attached hydrogens (primary N) is 1. The lowest BCUT2D eigenvalue weighted by molar-refractivity contribution is -0.153. The highest BCUT2D eigenvalue weighted by Crippen LogP contribution is 2.54. The fourth-order valence-corrected chi connectivity index (χ4v) is 8.56. The first-order valence-corrected chi connectivity index (χ1v) is 14.4. The minimum Gasteiger partial charge on any atom is -0.508 e. The van der Waals surface area contributed by atoms with Gasteiger partial charge < -0.3 is 26.2 Å². The Hall–Kier alpha value is -3.42. The average Bonchev–Trinajstić information content (AvgIpc) is 3.47. The van der Waals surface area contributed by atoms with Crippen LogP contribution in [0.25, 0.3) is 5.76 Å². The number of likely N-dealkylation sites (tertiary alicyclic amines) is 1. The minimum atomic E-state index is -4.86. The van der Waals surface area contributed by atoms with E-state index in [2.05, 4.69) is 0 Å². The topological polar surface area (TPSA) is 165 Å². The van der Waals surface area contributed by atoms with Crippen LogP contribution in [0.3, 0.4) is 0 Å². The molecule has 3 fully saturated rings. The number of phenols is 1. The summed E-state index contributed by atoms with van der Waals surface area (Å²) in [5.74, 6) is -8.01. The molecule has 0 aromatic heterocycles. The fourth-order valence-electron chi connectivity index (χ4n) is 8.56. The highest BCUT2D eigenvalue weighted by Gasteiger charge is 2.64. The van der Waals surface area contributed by atoms with Crippen LogP contribution in [0.15, 0.2) is 23.0 Å². The Balaban J connectivity index is 1.49. The quantitative estimate of drug-likeness (QED) is 0.324. The lowest BCUT2D eigenvalue weighted by Gasteiger charge is -2.50. The zero-order valence-corrected chi connectivity index (χ0v) is 23.7. The molecule has 1 saturated heterocycles. The van der Waals surface area contributed by atoms with Gasteiger partial charge in [-0.2, -0.15) is 13.2 Å². The summed E-state index contributed by atoms with van der Waals surface area (Å²) in [6.45, 7) is 1.28. The van der Waals surface area contributed by atoms with E-state index in [9.17, 15) is 48.0 Å². The van der Waals surface area contributed by atoms with Gasteiger partial charge in [-0.3, -0.25) is 24.2 Å². The number of aliphatic hydroxyl groups excluding tert-OH is 2. The molecule has 0 bridgehead atoms. The number of alkyl halides is 3. The molecular formula is C30H34F3N3O7. The predicted octanol–water partition coefficient (Wildman–Crippen LogP) is 2.21. The first-order chi connectivity index (χ1) is 20.1. The number of halogens is 3. The number of rotatable bonds is 4. The summed E-state index contributed by atoms with van der Waals surface area (Å²) in [5, 5.41) is 44.9. The number of phenolic OH excluding ortho intramolecular Hbond substituents is 1. The van der Waals surface area contributed by atoms with Crippen LogP contribution in [0.2, 0.25) is 0 Å². The molecule has 2 unspecified atom stereocenters. The van der Waals surface area contributed by atoms with Crippen LogP contribution >= 0.6 is 0 Å². The first-order valence-electron chi connectivity index (χ1n) is 14.4. The van der Waals surface area contributed by atoms with Gasteiger partial charge in [0, 0.05) is 31.1 Å². The number of hydrogen-bond donors (Lipinski definition) is 5. The maximum absolute atomic E-state index is 14.8. The van der Waals surface area contributed by atoms with Gasteiger partial charge >= 0.3 is 6.18 Å². The Kier molecular flexibility index (Phi) is 6.75. The number of benzene rings is 1. The zero-order chi connectivity index (χ0) is 31.3. The second-order valence-corrected chi connectivity index (χ2v) is 12.9. The molecule has 2 saturated carbocycles. The van der Waals surface area contributed by atoms with Gasteiger partial charge in [-0.25, -0.2) is 0 Å². The van der Waals surface area contributed by atoms with Crippen LogP contribution in [0.4, 0.5) is 13.2 Å². The summed E-state index contributed by atoms with van der Waals surface area (Å²) in [4.78, 5) is 42.5. The fraction of sp³-hybridized carbons (Fsp3) is 0.567. The molecule has 6 atom stereocenters. The Labute approximate surface area is 245 Å². The monoisotopic (exact) mass is 605 g/mol. The van der Waals surface area contributed by atoms with Crippen molar-refractivity contribution >= 4 is 23.2 Å². The maximum Gasteiger partial charge on any atom is 0.417 e. The third-order valence-electron chi connectivity index (χ3n) is 10.3. The van der Waals surface area contributed by atoms with E-state index in [4.69, 9.17) is 5.73 Å². The number of hydrogen-bond acceptors (Lipinski definition) is 9. The Morgan fingerprint density at radius 2 is 1.77 bits per heavy atom. The van der Waals surface area contributed by atoms with E-state index in [-0.39, 0.29) is 24.1 Å². The number of aliphatic hydroxyl groups is 3. The summed E-state index contributed by atoms with van der Waals surface area (Å²) in [5.41, 5.74) is -1.05. The number of carbonyl (C=O) groups is 3. The van der Waals surface area contributed by atoms with Crippen LogP contribution in [0.1, 0.15) is 47.9 Å². The molecule has 1 aromatic rings. The van der Waals surface area contributed by atoms with Gasteiger partial charge in [0.25, 0.3) is 5.91 Å². The molecule has 232 valence electrons.